The molecule has 3 rings (SSSR count). The van der Waals surface area contributed by atoms with Gasteiger partial charge in [0.2, 0.25) is 0 Å². The van der Waals surface area contributed by atoms with Gasteiger partial charge in [0, 0.05) is 18.1 Å². The second kappa shape index (κ2) is 6.42. The van der Waals surface area contributed by atoms with Crippen LogP contribution in [0.4, 0.5) is 0 Å². The first-order valence-electron chi connectivity index (χ1n) is 7.73. The lowest BCUT2D eigenvalue weighted by molar-refractivity contribution is 0.0718. The zero-order valence-corrected chi connectivity index (χ0v) is 12.3. The second-order valence-electron chi connectivity index (χ2n) is 5.76. The molecule has 1 N–H and O–H groups in total. The SMILES string of the molecule is CCCNCc1cccc2c1ccn2COCC1CC1. The number of fused-ring (bicyclic) bond motifs is 1. The van der Waals surface area contributed by atoms with E-state index in [1.807, 2.05) is 0 Å². The zero-order valence-electron chi connectivity index (χ0n) is 12.3. The molecule has 3 nitrogen and oxygen atoms in total. The van der Waals surface area contributed by atoms with Gasteiger partial charge in [-0.25, -0.2) is 0 Å². The number of rotatable bonds is 8. The van der Waals surface area contributed by atoms with Crippen molar-refractivity contribution in [2.75, 3.05) is 13.2 Å². The lowest BCUT2D eigenvalue weighted by Crippen LogP contribution is -2.13. The highest BCUT2D eigenvalue weighted by atomic mass is 16.5. The molecule has 1 saturated carbocycles. The first kappa shape index (κ1) is 13.7. The Hall–Kier alpha value is -1.32. The maximum Gasteiger partial charge on any atom is 0.122 e. The van der Waals surface area contributed by atoms with Crippen LogP contribution in [-0.4, -0.2) is 17.7 Å². The van der Waals surface area contributed by atoms with Crippen LogP contribution in [-0.2, 0) is 18.0 Å². The van der Waals surface area contributed by atoms with Crippen molar-refractivity contribution in [1.82, 2.24) is 9.88 Å². The standard InChI is InChI=1S/C17H24N2O/c1-2-9-18-11-15-4-3-5-17-16(15)8-10-19(17)13-20-12-14-6-7-14/h3-5,8,10,14,18H,2,6-7,9,11-13H2,1H3. The van der Waals surface area contributed by atoms with Crippen LogP contribution < -0.4 is 5.32 Å². The Morgan fingerprint density at radius 2 is 2.20 bits per heavy atom. The van der Waals surface area contributed by atoms with E-state index in [4.69, 9.17) is 4.74 Å². The predicted octanol–water partition coefficient (Wildman–Crippen LogP) is 3.53. The maximum absolute atomic E-state index is 5.80. The number of hydrogen-bond donors (Lipinski definition) is 1. The Kier molecular flexibility index (Phi) is 4.38. The third-order valence-electron chi connectivity index (χ3n) is 3.93. The number of ether oxygens (including phenoxy) is 1. The Morgan fingerprint density at radius 3 is 3.00 bits per heavy atom. The fourth-order valence-corrected chi connectivity index (χ4v) is 2.56. The van der Waals surface area contributed by atoms with Gasteiger partial charge in [0.25, 0.3) is 0 Å². The molecule has 20 heavy (non-hydrogen) atoms. The van der Waals surface area contributed by atoms with Crippen LogP contribution in [0, 0.1) is 5.92 Å². The average molecular weight is 272 g/mol. The van der Waals surface area contributed by atoms with Gasteiger partial charge < -0.3 is 14.6 Å². The third kappa shape index (κ3) is 3.22. The Labute approximate surface area is 120 Å². The summed E-state index contributed by atoms with van der Waals surface area (Å²) >= 11 is 0. The summed E-state index contributed by atoms with van der Waals surface area (Å²) in [4.78, 5) is 0. The summed E-state index contributed by atoms with van der Waals surface area (Å²) in [5.74, 6) is 0.825. The van der Waals surface area contributed by atoms with E-state index in [2.05, 4.69) is 47.3 Å². The lowest BCUT2D eigenvalue weighted by atomic mass is 10.1. The normalized spacial score (nSPS) is 15.1. The van der Waals surface area contributed by atoms with E-state index in [9.17, 15) is 0 Å². The molecular formula is C17H24N2O. The first-order chi connectivity index (χ1) is 9.88. The summed E-state index contributed by atoms with van der Waals surface area (Å²) in [6.07, 6.45) is 6.01. The quantitative estimate of drug-likeness (QED) is 0.744. The molecule has 1 aromatic heterocycles. The van der Waals surface area contributed by atoms with E-state index in [-0.39, 0.29) is 0 Å². The van der Waals surface area contributed by atoms with Crippen molar-refractivity contribution >= 4 is 10.9 Å². The van der Waals surface area contributed by atoms with E-state index in [0.717, 1.165) is 25.6 Å². The van der Waals surface area contributed by atoms with Crippen LogP contribution in [0.25, 0.3) is 10.9 Å². The zero-order chi connectivity index (χ0) is 13.8. The minimum absolute atomic E-state index is 0.672. The van der Waals surface area contributed by atoms with E-state index in [1.165, 1.54) is 35.7 Å². The summed E-state index contributed by atoms with van der Waals surface area (Å²) in [6, 6.07) is 8.74. The van der Waals surface area contributed by atoms with Crippen molar-refractivity contribution in [2.24, 2.45) is 5.92 Å². The molecule has 2 aromatic rings. The number of nitrogens with zero attached hydrogens (tertiary/aromatic N) is 1. The van der Waals surface area contributed by atoms with Gasteiger partial charge in [0.05, 0.1) is 12.1 Å². The molecule has 0 bridgehead atoms. The molecule has 0 radical (unpaired) electrons. The third-order valence-corrected chi connectivity index (χ3v) is 3.93. The molecule has 0 spiro atoms. The Bertz CT molecular complexity index is 557. The van der Waals surface area contributed by atoms with Crippen molar-refractivity contribution in [3.05, 3.63) is 36.0 Å². The first-order valence-corrected chi connectivity index (χ1v) is 7.73. The molecular weight excluding hydrogens is 248 g/mol. The summed E-state index contributed by atoms with van der Waals surface area (Å²) in [5.41, 5.74) is 2.65. The van der Waals surface area contributed by atoms with Crippen molar-refractivity contribution < 1.29 is 4.74 Å². The van der Waals surface area contributed by atoms with Gasteiger partial charge in [0.15, 0.2) is 0 Å². The van der Waals surface area contributed by atoms with Gasteiger partial charge in [-0.2, -0.15) is 0 Å². The van der Waals surface area contributed by atoms with E-state index >= 15 is 0 Å². The van der Waals surface area contributed by atoms with Gasteiger partial charge in [-0.15, -0.1) is 0 Å². The molecule has 1 fully saturated rings. The fourth-order valence-electron chi connectivity index (χ4n) is 2.56. The molecule has 1 heterocycles. The molecule has 0 saturated heterocycles. The predicted molar refractivity (Wildman–Crippen MR) is 82.6 cm³/mol. The molecule has 0 atom stereocenters. The van der Waals surface area contributed by atoms with Crippen molar-refractivity contribution in [3.8, 4) is 0 Å². The summed E-state index contributed by atoms with van der Waals surface area (Å²) in [7, 11) is 0. The number of nitrogens with one attached hydrogen (secondary N) is 1. The Morgan fingerprint density at radius 1 is 1.30 bits per heavy atom. The smallest absolute Gasteiger partial charge is 0.122 e. The molecule has 3 heteroatoms. The van der Waals surface area contributed by atoms with E-state index in [1.54, 1.807) is 0 Å². The van der Waals surface area contributed by atoms with Crippen LogP contribution in [0.15, 0.2) is 30.5 Å². The van der Waals surface area contributed by atoms with Gasteiger partial charge >= 0.3 is 0 Å². The topological polar surface area (TPSA) is 26.2 Å². The summed E-state index contributed by atoms with van der Waals surface area (Å²) in [5, 5.41) is 4.82. The Balaban J connectivity index is 1.68. The number of benzene rings is 1. The van der Waals surface area contributed by atoms with Crippen molar-refractivity contribution in [3.63, 3.8) is 0 Å². The van der Waals surface area contributed by atoms with Gasteiger partial charge in [-0.1, -0.05) is 19.1 Å². The van der Waals surface area contributed by atoms with Crippen LogP contribution in [0.5, 0.6) is 0 Å². The summed E-state index contributed by atoms with van der Waals surface area (Å²) < 4.78 is 8.01. The fraction of sp³-hybridized carbons (Fsp3) is 0.529. The van der Waals surface area contributed by atoms with Crippen molar-refractivity contribution in [2.45, 2.75) is 39.5 Å². The summed E-state index contributed by atoms with van der Waals surface area (Å²) in [6.45, 7) is 5.80. The molecule has 0 unspecified atom stereocenters. The highest BCUT2D eigenvalue weighted by Crippen LogP contribution is 2.29. The van der Waals surface area contributed by atoms with Crippen LogP contribution >= 0.6 is 0 Å². The average Bonchev–Trinajstić information content (AvgIpc) is 3.19. The lowest BCUT2D eigenvalue weighted by Gasteiger charge is -2.08. The minimum Gasteiger partial charge on any atom is -0.360 e. The molecule has 1 aliphatic carbocycles. The number of hydrogen-bond acceptors (Lipinski definition) is 2. The van der Waals surface area contributed by atoms with Crippen molar-refractivity contribution in [1.29, 1.82) is 0 Å². The highest BCUT2D eigenvalue weighted by molar-refractivity contribution is 5.83. The van der Waals surface area contributed by atoms with Crippen LogP contribution in [0.1, 0.15) is 31.7 Å². The maximum atomic E-state index is 5.80. The molecule has 0 aliphatic heterocycles. The van der Waals surface area contributed by atoms with Gasteiger partial charge in [0.1, 0.15) is 6.73 Å². The molecule has 1 aliphatic rings. The molecule has 0 amide bonds. The van der Waals surface area contributed by atoms with Crippen LogP contribution in [0.3, 0.4) is 0 Å². The van der Waals surface area contributed by atoms with Crippen LogP contribution in [0.2, 0.25) is 0 Å². The largest absolute Gasteiger partial charge is 0.360 e. The van der Waals surface area contributed by atoms with E-state index in [0.29, 0.717) is 6.73 Å². The van der Waals surface area contributed by atoms with Gasteiger partial charge in [-0.3, -0.25) is 0 Å². The monoisotopic (exact) mass is 272 g/mol. The highest BCUT2D eigenvalue weighted by Gasteiger charge is 2.21. The molecule has 108 valence electrons. The molecule has 1 aromatic carbocycles. The second-order valence-corrected chi connectivity index (χ2v) is 5.76. The number of aromatic nitrogens is 1. The van der Waals surface area contributed by atoms with Gasteiger partial charge in [-0.05, 0) is 49.4 Å². The van der Waals surface area contributed by atoms with E-state index < -0.39 is 0 Å². The minimum atomic E-state index is 0.672.